The van der Waals surface area contributed by atoms with Crippen LogP contribution in [0.25, 0.3) is 11.0 Å². The van der Waals surface area contributed by atoms with E-state index in [4.69, 9.17) is 14.9 Å². The lowest BCUT2D eigenvalue weighted by atomic mass is 9.88. The van der Waals surface area contributed by atoms with E-state index in [1.807, 2.05) is 6.92 Å². The Balaban J connectivity index is 1.49. The van der Waals surface area contributed by atoms with Crippen molar-refractivity contribution < 1.29 is 18.7 Å². The van der Waals surface area contributed by atoms with Crippen LogP contribution in [0.2, 0.25) is 0 Å². The van der Waals surface area contributed by atoms with E-state index in [0.717, 1.165) is 40.7 Å². The van der Waals surface area contributed by atoms with Gasteiger partial charge in [-0.3, -0.25) is 9.59 Å². The molecule has 3 N–H and O–H groups in total. The minimum atomic E-state index is -0.529. The van der Waals surface area contributed by atoms with Gasteiger partial charge in [-0.1, -0.05) is 6.92 Å². The largest absolute Gasteiger partial charge is 0.484 e. The van der Waals surface area contributed by atoms with Gasteiger partial charge in [-0.2, -0.15) is 0 Å². The van der Waals surface area contributed by atoms with Crippen LogP contribution in [0, 0.1) is 12.8 Å². The molecular weight excluding hydrogens is 404 g/mol. The second-order valence-electron chi connectivity index (χ2n) is 7.66. The maximum Gasteiger partial charge on any atom is 0.336 e. The molecule has 8 heteroatoms. The summed E-state index contributed by atoms with van der Waals surface area (Å²) in [5, 5.41) is 4.05. The molecule has 0 fully saturated rings. The van der Waals surface area contributed by atoms with Crippen molar-refractivity contribution in [2.75, 3.05) is 11.9 Å². The average molecular weight is 426 g/mol. The van der Waals surface area contributed by atoms with Gasteiger partial charge in [0.15, 0.2) is 6.61 Å². The number of hydrogen-bond acceptors (Lipinski definition) is 6. The van der Waals surface area contributed by atoms with Gasteiger partial charge >= 0.3 is 5.63 Å². The summed E-state index contributed by atoms with van der Waals surface area (Å²) in [7, 11) is 0. The van der Waals surface area contributed by atoms with Gasteiger partial charge in [0, 0.05) is 22.4 Å². The molecule has 156 valence electrons. The third-order valence-electron chi connectivity index (χ3n) is 5.30. The van der Waals surface area contributed by atoms with Gasteiger partial charge in [-0.25, -0.2) is 4.79 Å². The van der Waals surface area contributed by atoms with Crippen molar-refractivity contribution in [1.82, 2.24) is 0 Å². The fourth-order valence-electron chi connectivity index (χ4n) is 3.81. The first-order valence-corrected chi connectivity index (χ1v) is 10.5. The van der Waals surface area contributed by atoms with E-state index < -0.39 is 17.4 Å². The number of anilines is 1. The first-order valence-electron chi connectivity index (χ1n) is 9.73. The number of aryl methyl sites for hydroxylation is 1. The van der Waals surface area contributed by atoms with Crippen molar-refractivity contribution in [1.29, 1.82) is 0 Å². The summed E-state index contributed by atoms with van der Waals surface area (Å²) in [5.74, 6) is 0.0225. The number of ether oxygens (including phenoxy) is 1. The molecule has 0 radical (unpaired) electrons. The molecule has 7 nitrogen and oxygen atoms in total. The quantitative estimate of drug-likeness (QED) is 0.607. The molecule has 1 aromatic carbocycles. The van der Waals surface area contributed by atoms with Crippen LogP contribution in [-0.4, -0.2) is 18.4 Å². The van der Waals surface area contributed by atoms with Crippen molar-refractivity contribution in [2.24, 2.45) is 11.7 Å². The Kier molecular flexibility index (Phi) is 5.34. The number of nitrogens with two attached hydrogens (primary N) is 1. The zero-order valence-corrected chi connectivity index (χ0v) is 17.6. The van der Waals surface area contributed by atoms with Crippen LogP contribution in [0.1, 0.15) is 39.7 Å². The number of fused-ring (bicyclic) bond motifs is 2. The minimum Gasteiger partial charge on any atom is -0.484 e. The summed E-state index contributed by atoms with van der Waals surface area (Å²) in [4.78, 5) is 37.1. The van der Waals surface area contributed by atoms with Crippen LogP contribution in [-0.2, 0) is 17.6 Å². The highest BCUT2D eigenvalue weighted by Gasteiger charge is 2.27. The van der Waals surface area contributed by atoms with Gasteiger partial charge in [-0.05, 0) is 55.4 Å². The molecule has 0 aliphatic heterocycles. The summed E-state index contributed by atoms with van der Waals surface area (Å²) in [5.41, 5.74) is 7.72. The highest BCUT2D eigenvalue weighted by molar-refractivity contribution is 7.17. The van der Waals surface area contributed by atoms with Crippen LogP contribution < -0.4 is 21.4 Å². The second kappa shape index (κ2) is 7.95. The van der Waals surface area contributed by atoms with Crippen LogP contribution in [0.5, 0.6) is 5.75 Å². The van der Waals surface area contributed by atoms with Gasteiger partial charge in [0.1, 0.15) is 16.3 Å². The number of carbonyl (C=O) groups is 2. The van der Waals surface area contributed by atoms with Crippen LogP contribution in [0.3, 0.4) is 0 Å². The first-order chi connectivity index (χ1) is 14.3. The topological polar surface area (TPSA) is 112 Å². The Morgan fingerprint density at radius 2 is 2.13 bits per heavy atom. The first kappa shape index (κ1) is 20.2. The summed E-state index contributed by atoms with van der Waals surface area (Å²) < 4.78 is 10.8. The molecule has 1 aliphatic carbocycles. The zero-order valence-electron chi connectivity index (χ0n) is 16.7. The Bertz CT molecular complexity index is 1210. The molecule has 1 atom stereocenters. The van der Waals surface area contributed by atoms with E-state index in [2.05, 4.69) is 12.2 Å². The van der Waals surface area contributed by atoms with E-state index in [-0.39, 0.29) is 6.61 Å². The van der Waals surface area contributed by atoms with E-state index in [0.29, 0.717) is 27.8 Å². The number of primary amides is 1. The molecule has 2 heterocycles. The molecule has 0 saturated carbocycles. The highest BCUT2D eigenvalue weighted by atomic mass is 32.1. The molecule has 30 heavy (non-hydrogen) atoms. The zero-order chi connectivity index (χ0) is 21.4. The molecule has 2 amide bonds. The second-order valence-corrected chi connectivity index (χ2v) is 8.77. The summed E-state index contributed by atoms with van der Waals surface area (Å²) in [6.45, 7) is 3.75. The smallest absolute Gasteiger partial charge is 0.336 e. The maximum atomic E-state index is 12.5. The molecule has 1 aliphatic rings. The van der Waals surface area contributed by atoms with Gasteiger partial charge in [0.2, 0.25) is 0 Å². The Labute approximate surface area is 176 Å². The SMILES string of the molecule is Cc1cc(=O)oc2cc(OCC(=O)Nc3sc4c(c3C(N)=O)CCC(C)C4)ccc12. The van der Waals surface area contributed by atoms with E-state index in [1.54, 1.807) is 18.2 Å². The molecule has 0 bridgehead atoms. The molecule has 2 aromatic heterocycles. The molecule has 0 spiro atoms. The lowest BCUT2D eigenvalue weighted by Crippen LogP contribution is -2.22. The minimum absolute atomic E-state index is 0.251. The number of benzene rings is 1. The molecule has 3 aromatic rings. The average Bonchev–Trinajstić information content (AvgIpc) is 3.02. The lowest BCUT2D eigenvalue weighted by Gasteiger charge is -2.18. The summed E-state index contributed by atoms with van der Waals surface area (Å²) >= 11 is 1.41. The van der Waals surface area contributed by atoms with Crippen molar-refractivity contribution in [3.63, 3.8) is 0 Å². The number of thiophene rings is 1. The van der Waals surface area contributed by atoms with Crippen LogP contribution in [0.15, 0.2) is 33.5 Å². The van der Waals surface area contributed by atoms with Crippen LogP contribution in [0.4, 0.5) is 5.00 Å². The normalized spacial score (nSPS) is 15.6. The number of amides is 2. The Morgan fingerprint density at radius 3 is 2.90 bits per heavy atom. The van der Waals surface area contributed by atoms with E-state index in [9.17, 15) is 14.4 Å². The van der Waals surface area contributed by atoms with E-state index >= 15 is 0 Å². The number of hydrogen-bond donors (Lipinski definition) is 2. The number of nitrogens with one attached hydrogen (secondary N) is 1. The highest BCUT2D eigenvalue weighted by Crippen LogP contribution is 2.39. The molecule has 4 rings (SSSR count). The van der Waals surface area contributed by atoms with E-state index in [1.165, 1.54) is 17.4 Å². The third kappa shape index (κ3) is 3.95. The third-order valence-corrected chi connectivity index (χ3v) is 6.47. The Hall–Kier alpha value is -3.13. The molecular formula is C22H22N2O5S. The summed E-state index contributed by atoms with van der Waals surface area (Å²) in [6, 6.07) is 6.49. The van der Waals surface area contributed by atoms with Gasteiger partial charge in [0.05, 0.1) is 5.56 Å². The standard InChI is InChI=1S/C22H22N2O5S/c1-11-3-5-15-17(7-11)30-22(20(15)21(23)27)24-18(25)10-28-13-4-6-14-12(2)8-19(26)29-16(14)9-13/h4,6,8-9,11H,3,5,7,10H2,1-2H3,(H2,23,27)(H,24,25). The van der Waals surface area contributed by atoms with Gasteiger partial charge in [0.25, 0.3) is 11.8 Å². The lowest BCUT2D eigenvalue weighted by molar-refractivity contribution is -0.118. The fourth-order valence-corrected chi connectivity index (χ4v) is 5.24. The van der Waals surface area contributed by atoms with Crippen molar-refractivity contribution in [3.05, 3.63) is 56.3 Å². The van der Waals surface area contributed by atoms with Crippen molar-refractivity contribution in [2.45, 2.75) is 33.1 Å². The number of carbonyl (C=O) groups excluding carboxylic acids is 2. The number of rotatable bonds is 5. The van der Waals surface area contributed by atoms with Crippen molar-refractivity contribution >= 4 is 39.1 Å². The molecule has 0 saturated heterocycles. The van der Waals surface area contributed by atoms with Crippen LogP contribution >= 0.6 is 11.3 Å². The summed E-state index contributed by atoms with van der Waals surface area (Å²) in [6.07, 6.45) is 2.67. The van der Waals surface area contributed by atoms with Gasteiger partial charge < -0.3 is 20.2 Å². The van der Waals surface area contributed by atoms with Gasteiger partial charge in [-0.15, -0.1) is 11.3 Å². The predicted molar refractivity (Wildman–Crippen MR) is 115 cm³/mol. The Morgan fingerprint density at radius 1 is 1.33 bits per heavy atom. The van der Waals surface area contributed by atoms with Crippen molar-refractivity contribution in [3.8, 4) is 5.75 Å². The predicted octanol–water partition coefficient (Wildman–Crippen LogP) is 3.40. The fraction of sp³-hybridized carbons (Fsp3) is 0.318. The molecule has 1 unspecified atom stereocenters. The monoisotopic (exact) mass is 426 g/mol. The maximum absolute atomic E-state index is 12.5.